The summed E-state index contributed by atoms with van der Waals surface area (Å²) in [5.41, 5.74) is 0.502. The molecule has 1 spiro atoms. The lowest BCUT2D eigenvalue weighted by atomic mass is 9.43. The minimum absolute atomic E-state index is 0.0152. The zero-order valence-electron chi connectivity index (χ0n) is 18.9. The Kier molecular flexibility index (Phi) is 4.89. The summed E-state index contributed by atoms with van der Waals surface area (Å²) in [4.78, 5) is 37.3. The van der Waals surface area contributed by atoms with Crippen LogP contribution in [0.3, 0.4) is 0 Å². The maximum absolute atomic E-state index is 13.1. The minimum Gasteiger partial charge on any atom is -0.469 e. The Morgan fingerprint density at radius 3 is 2.74 bits per heavy atom. The highest BCUT2D eigenvalue weighted by Crippen LogP contribution is 2.75. The second kappa shape index (κ2) is 7.16. The molecule has 5 rings (SSSR count). The summed E-state index contributed by atoms with van der Waals surface area (Å²) in [6, 6.07) is 0. The van der Waals surface area contributed by atoms with Crippen LogP contribution < -0.4 is 0 Å². The van der Waals surface area contributed by atoms with Gasteiger partial charge in [0.2, 0.25) is 0 Å². The number of ether oxygens (including phenoxy) is 3. The van der Waals surface area contributed by atoms with Crippen LogP contribution in [0, 0.1) is 28.6 Å². The summed E-state index contributed by atoms with van der Waals surface area (Å²) in [7, 11) is 1.46. The van der Waals surface area contributed by atoms with Gasteiger partial charge in [-0.1, -0.05) is 19.4 Å². The van der Waals surface area contributed by atoms with E-state index in [1.54, 1.807) is 6.08 Å². The van der Waals surface area contributed by atoms with Crippen molar-refractivity contribution in [3.05, 3.63) is 11.6 Å². The summed E-state index contributed by atoms with van der Waals surface area (Å²) in [5, 5.41) is 0. The third-order valence-corrected chi connectivity index (χ3v) is 9.44. The monoisotopic (exact) mass is 430 g/mol. The molecule has 0 aromatic rings. The number of carbonyl (C=O) groups excluding carboxylic acids is 3. The molecule has 0 bridgehead atoms. The largest absolute Gasteiger partial charge is 0.469 e. The number of cyclic esters (lactones) is 1. The van der Waals surface area contributed by atoms with Gasteiger partial charge in [-0.25, -0.2) is 0 Å². The number of hydrogen-bond donors (Lipinski definition) is 0. The van der Waals surface area contributed by atoms with Crippen molar-refractivity contribution in [2.45, 2.75) is 83.3 Å². The molecular formula is C25H34O6. The molecule has 0 N–H and O–H groups in total. The quantitative estimate of drug-likeness (QED) is 0.465. The van der Waals surface area contributed by atoms with E-state index < -0.39 is 0 Å². The molecule has 1 unspecified atom stereocenters. The molecule has 4 fully saturated rings. The molecule has 0 aromatic heterocycles. The van der Waals surface area contributed by atoms with Crippen LogP contribution in [0.1, 0.15) is 71.6 Å². The van der Waals surface area contributed by atoms with Gasteiger partial charge in [0.25, 0.3) is 0 Å². The molecule has 31 heavy (non-hydrogen) atoms. The number of carbonyl (C=O) groups is 3. The molecule has 6 nitrogen and oxygen atoms in total. The van der Waals surface area contributed by atoms with E-state index in [-0.39, 0.29) is 52.1 Å². The van der Waals surface area contributed by atoms with Crippen LogP contribution in [0.25, 0.3) is 0 Å². The van der Waals surface area contributed by atoms with E-state index in [9.17, 15) is 14.4 Å². The van der Waals surface area contributed by atoms with Gasteiger partial charge in [-0.05, 0) is 62.4 Å². The maximum atomic E-state index is 13.1. The first kappa shape index (κ1) is 21.2. The van der Waals surface area contributed by atoms with Gasteiger partial charge in [-0.3, -0.25) is 14.4 Å². The van der Waals surface area contributed by atoms with E-state index in [0.29, 0.717) is 31.8 Å². The fraction of sp³-hybridized carbons (Fsp3) is 0.800. The van der Waals surface area contributed by atoms with E-state index in [1.165, 1.54) is 7.11 Å². The summed E-state index contributed by atoms with van der Waals surface area (Å²) in [6.45, 7) is 5.04. The zero-order chi connectivity index (χ0) is 22.0. The van der Waals surface area contributed by atoms with Crippen molar-refractivity contribution in [1.29, 1.82) is 0 Å². The van der Waals surface area contributed by atoms with Gasteiger partial charge in [0.15, 0.2) is 5.78 Å². The third kappa shape index (κ3) is 2.96. The molecule has 170 valence electrons. The Bertz CT molecular complexity index is 847. The second-order valence-electron chi connectivity index (χ2n) is 10.9. The molecule has 2 saturated heterocycles. The van der Waals surface area contributed by atoms with Crippen LogP contribution in [-0.4, -0.2) is 43.1 Å². The number of hydrogen-bond acceptors (Lipinski definition) is 6. The van der Waals surface area contributed by atoms with Crippen LogP contribution in [0.5, 0.6) is 0 Å². The molecule has 7 atom stereocenters. The average molecular weight is 431 g/mol. The Morgan fingerprint density at radius 1 is 1.16 bits per heavy atom. The Hall–Kier alpha value is -1.69. The highest BCUT2D eigenvalue weighted by atomic mass is 16.6. The topological polar surface area (TPSA) is 82.2 Å². The number of esters is 2. The predicted molar refractivity (Wildman–Crippen MR) is 112 cm³/mol. The van der Waals surface area contributed by atoms with Crippen LogP contribution >= 0.6 is 0 Å². The highest BCUT2D eigenvalue weighted by Gasteiger charge is 2.79. The van der Waals surface area contributed by atoms with Crippen LogP contribution in [0.2, 0.25) is 0 Å². The van der Waals surface area contributed by atoms with Crippen LogP contribution in [0.15, 0.2) is 11.6 Å². The van der Waals surface area contributed by atoms with E-state index >= 15 is 0 Å². The first-order chi connectivity index (χ1) is 14.7. The summed E-state index contributed by atoms with van der Waals surface area (Å²) < 4.78 is 17.4. The lowest BCUT2D eigenvalue weighted by Gasteiger charge is -2.58. The highest BCUT2D eigenvalue weighted by molar-refractivity contribution is 5.92. The van der Waals surface area contributed by atoms with Crippen LogP contribution in [-0.2, 0) is 28.6 Å². The van der Waals surface area contributed by atoms with Gasteiger partial charge in [-0.15, -0.1) is 0 Å². The second-order valence-corrected chi connectivity index (χ2v) is 10.9. The van der Waals surface area contributed by atoms with E-state index in [0.717, 1.165) is 44.1 Å². The van der Waals surface area contributed by atoms with E-state index in [1.807, 2.05) is 0 Å². The molecule has 0 amide bonds. The first-order valence-corrected chi connectivity index (χ1v) is 11.9. The standard InChI is InChI=1S/C25H34O6/c1-23-9-4-7-20(27)30-11-5-6-18(23)21-17(22(28)29-3)13-15-12-16(26)8-10-24(15,2)25(21)19(14-23)31-25/h12,17-19,21H,4-11,13-14H2,1-3H3/t17-,18+,19-,21?,23+,24+,25-/m1/s1. The number of rotatable bonds is 1. The van der Waals surface area contributed by atoms with Crippen molar-refractivity contribution in [3.8, 4) is 0 Å². The fourth-order valence-electron chi connectivity index (χ4n) is 7.88. The Labute approximate surface area is 184 Å². The predicted octanol–water partition coefficient (Wildman–Crippen LogP) is 3.76. The molecule has 2 aliphatic heterocycles. The Balaban J connectivity index is 1.59. The van der Waals surface area contributed by atoms with Crippen molar-refractivity contribution in [2.75, 3.05) is 13.7 Å². The molecule has 3 aliphatic carbocycles. The SMILES string of the molecule is COC(=O)[C@@H]1CC2=CC(=O)CC[C@]2(C)[C@@]23O[C@@H]2C[C@]2(C)CCCC(=O)OCCC[C@H]2C13. The molecule has 0 aromatic carbocycles. The van der Waals surface area contributed by atoms with Gasteiger partial charge >= 0.3 is 11.9 Å². The van der Waals surface area contributed by atoms with Gasteiger partial charge in [-0.2, -0.15) is 0 Å². The molecular weight excluding hydrogens is 396 g/mol. The number of epoxide rings is 1. The smallest absolute Gasteiger partial charge is 0.309 e. The van der Waals surface area contributed by atoms with Crippen molar-refractivity contribution in [3.63, 3.8) is 0 Å². The molecule has 5 aliphatic rings. The number of ketones is 1. The average Bonchev–Trinajstić information content (AvgIpc) is 3.45. The maximum Gasteiger partial charge on any atom is 0.309 e. The normalized spacial score (nSPS) is 46.9. The summed E-state index contributed by atoms with van der Waals surface area (Å²) in [5.74, 6) is -0.0708. The van der Waals surface area contributed by atoms with Crippen molar-refractivity contribution >= 4 is 17.7 Å². The van der Waals surface area contributed by atoms with Gasteiger partial charge in [0.1, 0.15) is 5.60 Å². The van der Waals surface area contributed by atoms with Gasteiger partial charge < -0.3 is 14.2 Å². The lowest BCUT2D eigenvalue weighted by Crippen LogP contribution is -2.61. The van der Waals surface area contributed by atoms with Crippen LogP contribution in [0.4, 0.5) is 0 Å². The summed E-state index contributed by atoms with van der Waals surface area (Å²) in [6.07, 6.45) is 8.67. The van der Waals surface area contributed by atoms with E-state index in [2.05, 4.69) is 13.8 Å². The molecule has 2 heterocycles. The summed E-state index contributed by atoms with van der Waals surface area (Å²) >= 11 is 0. The van der Waals surface area contributed by atoms with Crippen molar-refractivity contribution in [1.82, 2.24) is 0 Å². The molecule has 2 saturated carbocycles. The first-order valence-electron chi connectivity index (χ1n) is 11.9. The number of fused-ring (bicyclic) bond motifs is 3. The zero-order valence-corrected chi connectivity index (χ0v) is 18.9. The molecule has 6 heteroatoms. The minimum atomic E-state index is -0.387. The van der Waals surface area contributed by atoms with E-state index in [4.69, 9.17) is 14.2 Å². The molecule has 0 radical (unpaired) electrons. The van der Waals surface area contributed by atoms with Gasteiger partial charge in [0, 0.05) is 24.2 Å². The lowest BCUT2D eigenvalue weighted by molar-refractivity contribution is -0.158. The number of allylic oxidation sites excluding steroid dienone is 1. The third-order valence-electron chi connectivity index (χ3n) is 9.44. The number of methoxy groups -OCH3 is 1. The van der Waals surface area contributed by atoms with Gasteiger partial charge in [0.05, 0.1) is 25.7 Å². The van der Waals surface area contributed by atoms with Crippen molar-refractivity contribution < 1.29 is 28.6 Å². The fourth-order valence-corrected chi connectivity index (χ4v) is 7.88. The van der Waals surface area contributed by atoms with Crippen molar-refractivity contribution in [2.24, 2.45) is 28.6 Å². The Morgan fingerprint density at radius 2 is 1.97 bits per heavy atom.